The molecule has 2 rings (SSSR count). The van der Waals surface area contributed by atoms with Crippen molar-refractivity contribution >= 4 is 11.6 Å². The molecule has 1 atom stereocenters. The maximum absolute atomic E-state index is 14.1. The van der Waals surface area contributed by atoms with Crippen LogP contribution in [-0.4, -0.2) is 11.5 Å². The molecule has 2 nitrogen and oxygen atoms in total. The topological polar surface area (TPSA) is 24.9 Å². The highest BCUT2D eigenvalue weighted by molar-refractivity contribution is 6.31. The van der Waals surface area contributed by atoms with Gasteiger partial charge in [0.15, 0.2) is 0 Å². The summed E-state index contributed by atoms with van der Waals surface area (Å²) >= 11 is 6.19. The molecule has 0 saturated heterocycles. The highest BCUT2D eigenvalue weighted by Crippen LogP contribution is 2.28. The van der Waals surface area contributed by atoms with E-state index < -0.39 is 0 Å². The van der Waals surface area contributed by atoms with E-state index in [1.54, 1.807) is 12.1 Å². The van der Waals surface area contributed by atoms with E-state index >= 15 is 0 Å². The molecule has 0 bridgehead atoms. The van der Waals surface area contributed by atoms with Crippen LogP contribution in [0.25, 0.3) is 0 Å². The second-order valence-corrected chi connectivity index (χ2v) is 5.58. The summed E-state index contributed by atoms with van der Waals surface area (Å²) in [6.45, 7) is 4.88. The number of aryl methyl sites for hydroxylation is 1. The number of pyridine rings is 1. The van der Waals surface area contributed by atoms with Gasteiger partial charge < -0.3 is 5.32 Å². The van der Waals surface area contributed by atoms with Gasteiger partial charge in [0.25, 0.3) is 0 Å². The second kappa shape index (κ2) is 7.53. The van der Waals surface area contributed by atoms with Crippen molar-refractivity contribution in [3.8, 4) is 0 Å². The molecule has 1 aromatic heterocycles. The van der Waals surface area contributed by atoms with Crippen LogP contribution in [0.15, 0.2) is 36.5 Å². The van der Waals surface area contributed by atoms with E-state index in [-0.39, 0.29) is 11.9 Å². The van der Waals surface area contributed by atoms with E-state index in [0.29, 0.717) is 17.0 Å². The van der Waals surface area contributed by atoms with Crippen LogP contribution in [0, 0.1) is 12.7 Å². The Hall–Kier alpha value is -1.45. The predicted molar refractivity (Wildman–Crippen MR) is 85.1 cm³/mol. The van der Waals surface area contributed by atoms with E-state index in [9.17, 15) is 4.39 Å². The lowest BCUT2D eigenvalue weighted by Crippen LogP contribution is -2.25. The Morgan fingerprint density at radius 2 is 2.10 bits per heavy atom. The second-order valence-electron chi connectivity index (χ2n) is 5.17. The smallest absolute Gasteiger partial charge is 0.129 e. The van der Waals surface area contributed by atoms with Crippen molar-refractivity contribution in [1.29, 1.82) is 0 Å². The first-order valence-electron chi connectivity index (χ1n) is 7.20. The average Bonchev–Trinajstić information content (AvgIpc) is 2.46. The third-order valence-corrected chi connectivity index (χ3v) is 3.70. The Labute approximate surface area is 130 Å². The third kappa shape index (κ3) is 4.26. The highest BCUT2D eigenvalue weighted by atomic mass is 35.5. The number of hydrogen-bond donors (Lipinski definition) is 1. The molecule has 1 heterocycles. The lowest BCUT2D eigenvalue weighted by molar-refractivity contribution is 0.493. The fourth-order valence-electron chi connectivity index (χ4n) is 2.27. The normalized spacial score (nSPS) is 12.4. The van der Waals surface area contributed by atoms with Gasteiger partial charge in [0, 0.05) is 34.9 Å². The summed E-state index contributed by atoms with van der Waals surface area (Å²) in [6.07, 6.45) is 3.42. The minimum Gasteiger partial charge on any atom is -0.309 e. The van der Waals surface area contributed by atoms with E-state index in [1.807, 2.05) is 25.3 Å². The fourth-order valence-corrected chi connectivity index (χ4v) is 2.56. The Balaban J connectivity index is 2.27. The zero-order valence-electron chi connectivity index (χ0n) is 12.4. The maximum atomic E-state index is 14.1. The van der Waals surface area contributed by atoms with Crippen molar-refractivity contribution in [2.45, 2.75) is 32.7 Å². The molecule has 0 radical (unpaired) electrons. The highest BCUT2D eigenvalue weighted by Gasteiger charge is 2.19. The largest absolute Gasteiger partial charge is 0.309 e. The monoisotopic (exact) mass is 306 g/mol. The van der Waals surface area contributed by atoms with Crippen LogP contribution in [0.4, 0.5) is 4.39 Å². The van der Waals surface area contributed by atoms with Crippen LogP contribution in [0.5, 0.6) is 0 Å². The Morgan fingerprint density at radius 3 is 2.71 bits per heavy atom. The number of aromatic nitrogens is 1. The van der Waals surface area contributed by atoms with Crippen LogP contribution < -0.4 is 5.32 Å². The fraction of sp³-hybridized carbons (Fsp3) is 0.353. The molecule has 21 heavy (non-hydrogen) atoms. The first-order chi connectivity index (χ1) is 10.1. The molecule has 1 N–H and O–H groups in total. The number of nitrogens with zero attached hydrogens (tertiary/aromatic N) is 1. The average molecular weight is 307 g/mol. The number of rotatable bonds is 6. The zero-order valence-corrected chi connectivity index (χ0v) is 13.1. The summed E-state index contributed by atoms with van der Waals surface area (Å²) in [4.78, 5) is 4.41. The number of benzene rings is 1. The Morgan fingerprint density at radius 1 is 1.29 bits per heavy atom. The molecule has 4 heteroatoms. The van der Waals surface area contributed by atoms with Gasteiger partial charge in [-0.15, -0.1) is 0 Å². The summed E-state index contributed by atoms with van der Waals surface area (Å²) in [6, 6.07) is 8.62. The SMILES string of the molecule is CCCNC(Cc1ccc(C)cn1)c1c(F)cccc1Cl. The van der Waals surface area contributed by atoms with Crippen molar-refractivity contribution in [3.63, 3.8) is 0 Å². The lowest BCUT2D eigenvalue weighted by Gasteiger charge is -2.20. The lowest BCUT2D eigenvalue weighted by atomic mass is 10.0. The molecule has 1 aromatic carbocycles. The Bertz CT molecular complexity index is 564. The maximum Gasteiger partial charge on any atom is 0.129 e. The summed E-state index contributed by atoms with van der Waals surface area (Å²) in [5.74, 6) is -0.275. The predicted octanol–water partition coefficient (Wildman–Crippen LogP) is 4.47. The van der Waals surface area contributed by atoms with Crippen LogP contribution in [0.3, 0.4) is 0 Å². The van der Waals surface area contributed by atoms with Gasteiger partial charge in [-0.3, -0.25) is 4.98 Å². The van der Waals surface area contributed by atoms with E-state index in [0.717, 1.165) is 24.2 Å². The molecule has 0 aliphatic rings. The summed E-state index contributed by atoms with van der Waals surface area (Å²) in [5, 5.41) is 3.82. The van der Waals surface area contributed by atoms with Crippen LogP contribution >= 0.6 is 11.6 Å². The van der Waals surface area contributed by atoms with Crippen molar-refractivity contribution in [1.82, 2.24) is 10.3 Å². The van der Waals surface area contributed by atoms with E-state index in [1.165, 1.54) is 6.07 Å². The van der Waals surface area contributed by atoms with Gasteiger partial charge in [0.05, 0.1) is 0 Å². The number of nitrogens with one attached hydrogen (secondary N) is 1. The van der Waals surface area contributed by atoms with Crippen molar-refractivity contribution < 1.29 is 4.39 Å². The Kier molecular flexibility index (Phi) is 5.71. The molecule has 0 aliphatic heterocycles. The molecule has 0 fully saturated rings. The molecular formula is C17H20ClFN2. The molecule has 112 valence electrons. The van der Waals surface area contributed by atoms with Crippen LogP contribution in [0.1, 0.15) is 36.2 Å². The summed E-state index contributed by atoms with van der Waals surface area (Å²) < 4.78 is 14.1. The minimum atomic E-state index is -0.275. The van der Waals surface area contributed by atoms with Gasteiger partial charge in [0.1, 0.15) is 5.82 Å². The quantitative estimate of drug-likeness (QED) is 0.852. The molecule has 0 aliphatic carbocycles. The molecular weight excluding hydrogens is 287 g/mol. The van der Waals surface area contributed by atoms with E-state index in [2.05, 4.69) is 17.2 Å². The first-order valence-corrected chi connectivity index (χ1v) is 7.58. The van der Waals surface area contributed by atoms with Crippen LogP contribution in [-0.2, 0) is 6.42 Å². The first kappa shape index (κ1) is 15.9. The van der Waals surface area contributed by atoms with Gasteiger partial charge in [0.2, 0.25) is 0 Å². The molecule has 0 saturated carbocycles. The summed E-state index contributed by atoms with van der Waals surface area (Å²) in [5.41, 5.74) is 2.56. The zero-order chi connectivity index (χ0) is 15.2. The van der Waals surface area contributed by atoms with Gasteiger partial charge in [-0.1, -0.05) is 30.7 Å². The standard InChI is InChI=1S/C17H20ClFN2/c1-3-9-20-16(10-13-8-7-12(2)11-21-13)17-14(18)5-4-6-15(17)19/h4-8,11,16,20H,3,9-10H2,1-2H3. The van der Waals surface area contributed by atoms with Gasteiger partial charge in [-0.2, -0.15) is 0 Å². The van der Waals surface area contributed by atoms with Crippen molar-refractivity contribution in [2.24, 2.45) is 0 Å². The molecule has 2 aromatic rings. The van der Waals surface area contributed by atoms with Crippen LogP contribution in [0.2, 0.25) is 5.02 Å². The number of hydrogen-bond acceptors (Lipinski definition) is 2. The summed E-state index contributed by atoms with van der Waals surface area (Å²) in [7, 11) is 0. The molecule has 0 spiro atoms. The van der Waals surface area contributed by atoms with Crippen molar-refractivity contribution in [2.75, 3.05) is 6.54 Å². The number of halogens is 2. The van der Waals surface area contributed by atoms with Gasteiger partial charge in [-0.05, 0) is 43.7 Å². The molecule has 0 amide bonds. The van der Waals surface area contributed by atoms with E-state index in [4.69, 9.17) is 11.6 Å². The molecule has 1 unspecified atom stereocenters. The minimum absolute atomic E-state index is 0.172. The van der Waals surface area contributed by atoms with Gasteiger partial charge in [-0.25, -0.2) is 4.39 Å². The van der Waals surface area contributed by atoms with Gasteiger partial charge >= 0.3 is 0 Å². The van der Waals surface area contributed by atoms with Crippen molar-refractivity contribution in [3.05, 3.63) is 64.2 Å². The third-order valence-electron chi connectivity index (χ3n) is 3.37.